The first-order chi connectivity index (χ1) is 6.72. The van der Waals surface area contributed by atoms with E-state index >= 15 is 0 Å². The van der Waals surface area contributed by atoms with Gasteiger partial charge in [0.15, 0.2) is 0 Å². The molecule has 2 atom stereocenters. The number of hydrogen-bond donors (Lipinski definition) is 1. The van der Waals surface area contributed by atoms with Crippen molar-refractivity contribution in [3.63, 3.8) is 0 Å². The third kappa shape index (κ3) is 1.47. The summed E-state index contributed by atoms with van der Waals surface area (Å²) in [5.41, 5.74) is 2.22. The van der Waals surface area contributed by atoms with Crippen LogP contribution in [0.15, 0.2) is 18.2 Å². The second-order valence-electron chi connectivity index (χ2n) is 4.65. The van der Waals surface area contributed by atoms with E-state index < -0.39 is 0 Å². The van der Waals surface area contributed by atoms with Gasteiger partial charge < -0.3 is 5.32 Å². The molecule has 1 aliphatic carbocycles. The molecule has 0 bridgehead atoms. The van der Waals surface area contributed by atoms with Gasteiger partial charge in [-0.1, -0.05) is 12.1 Å². The quantitative estimate of drug-likeness (QED) is 0.777. The van der Waals surface area contributed by atoms with Crippen molar-refractivity contribution in [1.82, 2.24) is 5.32 Å². The maximum absolute atomic E-state index is 13.4. The highest BCUT2D eigenvalue weighted by Crippen LogP contribution is 2.56. The summed E-state index contributed by atoms with van der Waals surface area (Å²) in [5.74, 6) is 0.694. The van der Waals surface area contributed by atoms with Gasteiger partial charge in [0, 0.05) is 12.0 Å². The van der Waals surface area contributed by atoms with Crippen molar-refractivity contribution in [2.45, 2.75) is 18.8 Å². The Morgan fingerprint density at radius 3 is 2.80 bits per heavy atom. The van der Waals surface area contributed by atoms with Crippen molar-refractivity contribution in [2.24, 2.45) is 5.92 Å². The first-order valence-electron chi connectivity index (χ1n) is 5.20. The topological polar surface area (TPSA) is 12.0 Å². The maximum atomic E-state index is 13.4. The summed E-state index contributed by atoms with van der Waals surface area (Å²) in [4.78, 5) is 0. The second-order valence-corrected chi connectivity index (χ2v) is 4.65. The molecule has 0 amide bonds. The Hall–Kier alpha value is -0.600. The molecule has 1 saturated heterocycles. The average molecular weight is 228 g/mol. The van der Waals surface area contributed by atoms with E-state index in [-0.39, 0.29) is 23.6 Å². The molecule has 3 rings (SSSR count). The van der Waals surface area contributed by atoms with Crippen LogP contribution >= 0.6 is 12.4 Å². The number of rotatable bonds is 1. The SMILES string of the molecule is Cc1ccc([C@]23CNC[C@H]2C3)cc1F.Cl. The van der Waals surface area contributed by atoms with Crippen molar-refractivity contribution >= 4 is 12.4 Å². The normalized spacial score (nSPS) is 32.0. The highest BCUT2D eigenvalue weighted by atomic mass is 35.5. The molecule has 1 aromatic carbocycles. The number of fused-ring (bicyclic) bond motifs is 1. The molecular weight excluding hydrogens is 213 g/mol. The number of hydrogen-bond acceptors (Lipinski definition) is 1. The standard InChI is InChI=1S/C12H14FN.ClH/c1-8-2-3-9(4-11(8)13)12-5-10(12)6-14-7-12;/h2-4,10,14H,5-7H2,1H3;1H/t10-,12+;/m1./s1. The Kier molecular flexibility index (Phi) is 2.52. The lowest BCUT2D eigenvalue weighted by molar-refractivity contribution is 0.606. The summed E-state index contributed by atoms with van der Waals surface area (Å²) >= 11 is 0. The third-order valence-electron chi connectivity index (χ3n) is 3.81. The molecule has 1 aliphatic heterocycles. The van der Waals surface area contributed by atoms with Crippen LogP contribution in [0.25, 0.3) is 0 Å². The summed E-state index contributed by atoms with van der Waals surface area (Å²) in [6, 6.07) is 5.71. The van der Waals surface area contributed by atoms with Crippen LogP contribution in [0.1, 0.15) is 17.5 Å². The van der Waals surface area contributed by atoms with Gasteiger partial charge in [-0.25, -0.2) is 4.39 Å². The molecule has 0 radical (unpaired) electrons. The van der Waals surface area contributed by atoms with Gasteiger partial charge in [-0.2, -0.15) is 0 Å². The van der Waals surface area contributed by atoms with Crippen LogP contribution < -0.4 is 5.32 Å². The van der Waals surface area contributed by atoms with E-state index in [1.165, 1.54) is 12.0 Å². The number of nitrogens with one attached hydrogen (secondary N) is 1. The summed E-state index contributed by atoms with van der Waals surface area (Å²) in [7, 11) is 0. The summed E-state index contributed by atoms with van der Waals surface area (Å²) in [6.45, 7) is 3.95. The van der Waals surface area contributed by atoms with Gasteiger partial charge in [0.2, 0.25) is 0 Å². The van der Waals surface area contributed by atoms with Crippen LogP contribution in [0.5, 0.6) is 0 Å². The monoisotopic (exact) mass is 227 g/mol. The van der Waals surface area contributed by atoms with Crippen LogP contribution in [-0.2, 0) is 5.41 Å². The fourth-order valence-corrected chi connectivity index (χ4v) is 2.69. The maximum Gasteiger partial charge on any atom is 0.126 e. The van der Waals surface area contributed by atoms with Gasteiger partial charge in [-0.15, -0.1) is 12.4 Å². The second kappa shape index (κ2) is 3.46. The first kappa shape index (κ1) is 10.9. The highest BCUT2D eigenvalue weighted by molar-refractivity contribution is 5.85. The van der Waals surface area contributed by atoms with Crippen LogP contribution in [0.4, 0.5) is 4.39 Å². The fraction of sp³-hybridized carbons (Fsp3) is 0.500. The predicted molar refractivity (Wildman–Crippen MR) is 61.0 cm³/mol. The molecule has 0 spiro atoms. The van der Waals surface area contributed by atoms with Gasteiger partial charge in [0.05, 0.1) is 0 Å². The number of benzene rings is 1. The van der Waals surface area contributed by atoms with Gasteiger partial charge in [-0.3, -0.25) is 0 Å². The van der Waals surface area contributed by atoms with E-state index in [2.05, 4.69) is 11.4 Å². The zero-order chi connectivity index (χ0) is 9.76. The lowest BCUT2D eigenvalue weighted by atomic mass is 9.94. The van der Waals surface area contributed by atoms with Crippen LogP contribution in [0, 0.1) is 18.7 Å². The number of aryl methyl sites for hydroxylation is 1. The highest BCUT2D eigenvalue weighted by Gasteiger charge is 2.58. The Morgan fingerprint density at radius 1 is 1.47 bits per heavy atom. The van der Waals surface area contributed by atoms with E-state index in [1.54, 1.807) is 6.07 Å². The summed E-state index contributed by atoms with van der Waals surface area (Å²) < 4.78 is 13.4. The molecule has 2 aliphatic rings. The van der Waals surface area contributed by atoms with Crippen molar-refractivity contribution in [1.29, 1.82) is 0 Å². The molecule has 1 saturated carbocycles. The first-order valence-corrected chi connectivity index (χ1v) is 5.20. The van der Waals surface area contributed by atoms with E-state index in [9.17, 15) is 4.39 Å². The fourth-order valence-electron chi connectivity index (χ4n) is 2.69. The molecule has 3 heteroatoms. The summed E-state index contributed by atoms with van der Waals surface area (Å²) in [6.07, 6.45) is 1.24. The predicted octanol–water partition coefficient (Wildman–Crippen LogP) is 2.42. The molecule has 0 unspecified atom stereocenters. The van der Waals surface area contributed by atoms with Gasteiger partial charge in [0.25, 0.3) is 0 Å². The van der Waals surface area contributed by atoms with Gasteiger partial charge in [0.1, 0.15) is 5.82 Å². The average Bonchev–Trinajstić information content (AvgIpc) is 2.75. The van der Waals surface area contributed by atoms with Gasteiger partial charge in [-0.05, 0) is 43.0 Å². The Bertz CT molecular complexity index is 393. The zero-order valence-corrected chi connectivity index (χ0v) is 9.53. The molecule has 82 valence electrons. The van der Waals surface area contributed by atoms with Crippen molar-refractivity contribution in [2.75, 3.05) is 13.1 Å². The Balaban J connectivity index is 0.000000853. The summed E-state index contributed by atoms with van der Waals surface area (Å²) in [5, 5.41) is 3.37. The van der Waals surface area contributed by atoms with E-state index in [0.29, 0.717) is 0 Å². The van der Waals surface area contributed by atoms with Crippen molar-refractivity contribution in [3.8, 4) is 0 Å². The molecule has 1 N–H and O–H groups in total. The van der Waals surface area contributed by atoms with Crippen LogP contribution in [0.3, 0.4) is 0 Å². The van der Waals surface area contributed by atoms with E-state index in [1.807, 2.05) is 13.0 Å². The van der Waals surface area contributed by atoms with Gasteiger partial charge >= 0.3 is 0 Å². The van der Waals surface area contributed by atoms with Crippen molar-refractivity contribution in [3.05, 3.63) is 35.1 Å². The van der Waals surface area contributed by atoms with Crippen molar-refractivity contribution < 1.29 is 4.39 Å². The molecule has 0 aromatic heterocycles. The largest absolute Gasteiger partial charge is 0.316 e. The molecule has 1 aromatic rings. The lowest BCUT2D eigenvalue weighted by Gasteiger charge is -2.12. The van der Waals surface area contributed by atoms with E-state index in [0.717, 1.165) is 24.6 Å². The molecule has 1 heterocycles. The van der Waals surface area contributed by atoms with Crippen LogP contribution in [0.2, 0.25) is 0 Å². The molecule has 1 nitrogen and oxygen atoms in total. The smallest absolute Gasteiger partial charge is 0.126 e. The zero-order valence-electron chi connectivity index (χ0n) is 8.72. The molecule has 2 fully saturated rings. The lowest BCUT2D eigenvalue weighted by Crippen LogP contribution is -2.19. The minimum absolute atomic E-state index is 0. The van der Waals surface area contributed by atoms with E-state index in [4.69, 9.17) is 0 Å². The van der Waals surface area contributed by atoms with Crippen LogP contribution in [-0.4, -0.2) is 13.1 Å². The molecular formula is C12H15ClFN. The third-order valence-corrected chi connectivity index (χ3v) is 3.81. The molecule has 15 heavy (non-hydrogen) atoms. The Morgan fingerprint density at radius 2 is 2.27 bits per heavy atom. The minimum Gasteiger partial charge on any atom is -0.316 e. The number of piperidine rings is 1. The Labute approximate surface area is 95.5 Å². The number of halogens is 2. The minimum atomic E-state index is -0.0607.